The molecule has 0 aromatic heterocycles. The fourth-order valence-corrected chi connectivity index (χ4v) is 3.06. The van der Waals surface area contributed by atoms with Crippen LogP contribution in [0.3, 0.4) is 0 Å². The first-order valence-corrected chi connectivity index (χ1v) is 9.02. The SMILES string of the molecule is CCOCCCC(=O)NCc1ccc(N2C[C@@H](C)O[C@H](C)C2)c(F)c1. The van der Waals surface area contributed by atoms with Crippen LogP contribution in [0.4, 0.5) is 10.1 Å². The number of hydrogen-bond donors (Lipinski definition) is 1. The fraction of sp³-hybridized carbons (Fsp3) is 0.632. The number of amides is 1. The molecule has 1 saturated heterocycles. The van der Waals surface area contributed by atoms with Crippen LogP contribution in [0.25, 0.3) is 0 Å². The van der Waals surface area contributed by atoms with Gasteiger partial charge in [-0.15, -0.1) is 0 Å². The number of carbonyl (C=O) groups is 1. The Balaban J connectivity index is 1.85. The lowest BCUT2D eigenvalue weighted by molar-refractivity contribution is -0.121. The van der Waals surface area contributed by atoms with Crippen molar-refractivity contribution >= 4 is 11.6 Å². The first kappa shape index (κ1) is 19.7. The van der Waals surface area contributed by atoms with Crippen LogP contribution in [-0.4, -0.2) is 44.4 Å². The summed E-state index contributed by atoms with van der Waals surface area (Å²) in [4.78, 5) is 13.8. The number of benzene rings is 1. The van der Waals surface area contributed by atoms with E-state index < -0.39 is 0 Å². The Morgan fingerprint density at radius 1 is 1.36 bits per heavy atom. The Hall–Kier alpha value is -1.66. The minimum atomic E-state index is -0.260. The third kappa shape index (κ3) is 6.29. The zero-order chi connectivity index (χ0) is 18.2. The van der Waals surface area contributed by atoms with E-state index in [2.05, 4.69) is 5.32 Å². The molecule has 1 aliphatic rings. The average Bonchev–Trinajstić information content (AvgIpc) is 2.56. The van der Waals surface area contributed by atoms with Crippen molar-refractivity contribution in [1.29, 1.82) is 0 Å². The minimum absolute atomic E-state index is 0.0417. The second-order valence-electron chi connectivity index (χ2n) is 6.53. The molecule has 6 heteroatoms. The summed E-state index contributed by atoms with van der Waals surface area (Å²) < 4.78 is 25.4. The van der Waals surface area contributed by atoms with Gasteiger partial charge >= 0.3 is 0 Å². The molecule has 1 aromatic rings. The molecule has 0 unspecified atom stereocenters. The van der Waals surface area contributed by atoms with Crippen LogP contribution in [0.2, 0.25) is 0 Å². The average molecular weight is 352 g/mol. The van der Waals surface area contributed by atoms with Crippen LogP contribution in [0, 0.1) is 5.82 Å². The van der Waals surface area contributed by atoms with E-state index in [1.165, 1.54) is 6.07 Å². The molecule has 0 radical (unpaired) electrons. The Labute approximate surface area is 149 Å². The van der Waals surface area contributed by atoms with Crippen molar-refractivity contribution < 1.29 is 18.7 Å². The second kappa shape index (κ2) is 9.73. The Kier molecular flexibility index (Phi) is 7.65. The van der Waals surface area contributed by atoms with Gasteiger partial charge in [0.2, 0.25) is 5.91 Å². The molecule has 0 saturated carbocycles. The van der Waals surface area contributed by atoms with E-state index in [1.807, 2.05) is 31.7 Å². The molecule has 2 atom stereocenters. The second-order valence-corrected chi connectivity index (χ2v) is 6.53. The van der Waals surface area contributed by atoms with Gasteiger partial charge in [0.05, 0.1) is 17.9 Å². The summed E-state index contributed by atoms with van der Waals surface area (Å²) in [6.45, 7) is 8.86. The lowest BCUT2D eigenvalue weighted by atomic mass is 10.1. The molecule has 5 nitrogen and oxygen atoms in total. The third-order valence-electron chi connectivity index (χ3n) is 4.16. The summed E-state index contributed by atoms with van der Waals surface area (Å²) in [6, 6.07) is 5.15. The summed E-state index contributed by atoms with van der Waals surface area (Å²) in [5, 5.41) is 2.82. The Morgan fingerprint density at radius 3 is 2.72 bits per heavy atom. The van der Waals surface area contributed by atoms with Gasteiger partial charge < -0.3 is 19.7 Å². The maximum absolute atomic E-state index is 14.5. The lowest BCUT2D eigenvalue weighted by Gasteiger charge is -2.37. The van der Waals surface area contributed by atoms with Crippen LogP contribution in [0.5, 0.6) is 0 Å². The first-order chi connectivity index (χ1) is 12.0. The van der Waals surface area contributed by atoms with Gasteiger partial charge in [-0.1, -0.05) is 6.07 Å². The van der Waals surface area contributed by atoms with Gasteiger partial charge in [0, 0.05) is 39.3 Å². The number of anilines is 1. The molecule has 2 rings (SSSR count). The molecule has 140 valence electrons. The molecule has 25 heavy (non-hydrogen) atoms. The molecule has 1 heterocycles. The molecular weight excluding hydrogens is 323 g/mol. The minimum Gasteiger partial charge on any atom is -0.382 e. The van der Waals surface area contributed by atoms with Gasteiger partial charge in [-0.3, -0.25) is 4.79 Å². The van der Waals surface area contributed by atoms with Gasteiger partial charge in [-0.2, -0.15) is 0 Å². The number of nitrogens with zero attached hydrogens (tertiary/aromatic N) is 1. The molecular formula is C19H29FN2O3. The van der Waals surface area contributed by atoms with Crippen molar-refractivity contribution in [2.75, 3.05) is 31.2 Å². The van der Waals surface area contributed by atoms with E-state index in [1.54, 1.807) is 6.07 Å². The molecule has 1 aliphatic heterocycles. The largest absolute Gasteiger partial charge is 0.382 e. The van der Waals surface area contributed by atoms with Crippen molar-refractivity contribution in [3.8, 4) is 0 Å². The predicted octanol–water partition coefficient (Wildman–Crippen LogP) is 2.87. The van der Waals surface area contributed by atoms with Crippen molar-refractivity contribution in [3.05, 3.63) is 29.6 Å². The number of morpholine rings is 1. The molecule has 0 spiro atoms. The van der Waals surface area contributed by atoms with Crippen molar-refractivity contribution in [1.82, 2.24) is 5.32 Å². The van der Waals surface area contributed by atoms with Crippen LogP contribution < -0.4 is 10.2 Å². The molecule has 0 bridgehead atoms. The standard InChI is InChI=1S/C19H29FN2O3/c1-4-24-9-5-6-19(23)21-11-16-7-8-18(17(20)10-16)22-12-14(2)25-15(3)13-22/h7-8,10,14-15H,4-6,9,11-13H2,1-3H3,(H,21,23)/t14-,15-/m1/s1. The van der Waals surface area contributed by atoms with E-state index in [0.29, 0.717) is 51.4 Å². The van der Waals surface area contributed by atoms with Crippen LogP contribution in [-0.2, 0) is 20.8 Å². The van der Waals surface area contributed by atoms with Crippen LogP contribution in [0.15, 0.2) is 18.2 Å². The van der Waals surface area contributed by atoms with Crippen molar-refractivity contribution in [3.63, 3.8) is 0 Å². The van der Waals surface area contributed by atoms with Gasteiger partial charge in [0.1, 0.15) is 5.82 Å². The van der Waals surface area contributed by atoms with Gasteiger partial charge in [-0.05, 0) is 44.9 Å². The van der Waals surface area contributed by atoms with Crippen molar-refractivity contribution in [2.45, 2.75) is 52.4 Å². The number of nitrogens with one attached hydrogen (secondary N) is 1. The number of ether oxygens (including phenoxy) is 2. The molecule has 1 amide bonds. The normalized spacial score (nSPS) is 20.6. The van der Waals surface area contributed by atoms with E-state index >= 15 is 0 Å². The summed E-state index contributed by atoms with van der Waals surface area (Å²) in [5.74, 6) is -0.301. The van der Waals surface area contributed by atoms with E-state index in [-0.39, 0.29) is 23.9 Å². The maximum Gasteiger partial charge on any atom is 0.220 e. The van der Waals surface area contributed by atoms with Crippen LogP contribution >= 0.6 is 0 Å². The summed E-state index contributed by atoms with van der Waals surface area (Å²) in [5.41, 5.74) is 1.35. The zero-order valence-electron chi connectivity index (χ0n) is 15.4. The number of carbonyl (C=O) groups excluding carboxylic acids is 1. The van der Waals surface area contributed by atoms with E-state index in [0.717, 1.165) is 5.56 Å². The fourth-order valence-electron chi connectivity index (χ4n) is 3.06. The quantitative estimate of drug-likeness (QED) is 0.731. The number of hydrogen-bond acceptors (Lipinski definition) is 4. The third-order valence-corrected chi connectivity index (χ3v) is 4.16. The van der Waals surface area contributed by atoms with E-state index in [9.17, 15) is 9.18 Å². The first-order valence-electron chi connectivity index (χ1n) is 9.02. The van der Waals surface area contributed by atoms with Crippen molar-refractivity contribution in [2.24, 2.45) is 0 Å². The summed E-state index contributed by atoms with van der Waals surface area (Å²) in [6.07, 6.45) is 1.28. The van der Waals surface area contributed by atoms with Crippen LogP contribution in [0.1, 0.15) is 39.2 Å². The molecule has 0 aliphatic carbocycles. The topological polar surface area (TPSA) is 50.8 Å². The maximum atomic E-state index is 14.5. The highest BCUT2D eigenvalue weighted by Gasteiger charge is 2.24. The Morgan fingerprint density at radius 2 is 2.08 bits per heavy atom. The zero-order valence-corrected chi connectivity index (χ0v) is 15.4. The summed E-state index contributed by atoms with van der Waals surface area (Å²) in [7, 11) is 0. The Bertz CT molecular complexity index is 558. The molecule has 1 N–H and O–H groups in total. The number of halogens is 1. The lowest BCUT2D eigenvalue weighted by Crippen LogP contribution is -2.45. The van der Waals surface area contributed by atoms with Gasteiger partial charge in [-0.25, -0.2) is 4.39 Å². The number of rotatable bonds is 8. The highest BCUT2D eigenvalue weighted by atomic mass is 19.1. The molecule has 1 aromatic carbocycles. The van der Waals surface area contributed by atoms with Gasteiger partial charge in [0.15, 0.2) is 0 Å². The highest BCUT2D eigenvalue weighted by Crippen LogP contribution is 2.24. The molecule has 1 fully saturated rings. The smallest absolute Gasteiger partial charge is 0.220 e. The van der Waals surface area contributed by atoms with E-state index in [4.69, 9.17) is 9.47 Å². The van der Waals surface area contributed by atoms with Gasteiger partial charge in [0.25, 0.3) is 0 Å². The highest BCUT2D eigenvalue weighted by molar-refractivity contribution is 5.75. The monoisotopic (exact) mass is 352 g/mol. The predicted molar refractivity (Wildman–Crippen MR) is 96.2 cm³/mol. The summed E-state index contributed by atoms with van der Waals surface area (Å²) >= 11 is 0.